The molecule has 1 atom stereocenters. The maximum Gasteiger partial charge on any atom is 0.253 e. The fraction of sp³-hybridized carbons (Fsp3) is 0.600. The van der Waals surface area contributed by atoms with Gasteiger partial charge in [0, 0.05) is 6.54 Å². The summed E-state index contributed by atoms with van der Waals surface area (Å²) in [5, 5.41) is 0. The predicted molar refractivity (Wildman–Crippen MR) is 72.4 cm³/mol. The average molecular weight is 339 g/mol. The number of sulfonamides is 1. The van der Waals surface area contributed by atoms with Crippen molar-refractivity contribution in [2.75, 3.05) is 6.54 Å². The zero-order valence-corrected chi connectivity index (χ0v) is 12.5. The highest BCUT2D eigenvalue weighted by atomic mass is 79.9. The largest absolute Gasteiger partial charge is 0.315 e. The summed E-state index contributed by atoms with van der Waals surface area (Å²) in [7, 11) is -3.42. The van der Waals surface area contributed by atoms with Gasteiger partial charge >= 0.3 is 0 Å². The summed E-state index contributed by atoms with van der Waals surface area (Å²) in [6, 6.07) is 3.38. The van der Waals surface area contributed by atoms with Crippen molar-refractivity contribution >= 4 is 37.3 Å². The average Bonchev–Trinajstić information content (AvgIpc) is 2.58. The first-order valence-corrected chi connectivity index (χ1v) is 8.59. The molecule has 2 N–H and O–H groups in total. The van der Waals surface area contributed by atoms with Gasteiger partial charge in [-0.15, -0.1) is 11.3 Å². The molecule has 2 heterocycles. The van der Waals surface area contributed by atoms with Crippen molar-refractivity contribution in [3.63, 3.8) is 0 Å². The summed E-state index contributed by atoms with van der Waals surface area (Å²) in [6.07, 6.45) is 3.30. The Morgan fingerprint density at radius 2 is 2.12 bits per heavy atom. The van der Waals surface area contributed by atoms with Crippen LogP contribution in [0, 0.1) is 0 Å². The van der Waals surface area contributed by atoms with E-state index < -0.39 is 10.0 Å². The Labute approximate surface area is 114 Å². The molecule has 0 aromatic carbocycles. The minimum Gasteiger partial charge on any atom is -0.315 e. The van der Waals surface area contributed by atoms with Gasteiger partial charge in [-0.2, -0.15) is 4.31 Å². The first-order chi connectivity index (χ1) is 8.01. The molecule has 0 spiro atoms. The van der Waals surface area contributed by atoms with E-state index in [9.17, 15) is 8.42 Å². The van der Waals surface area contributed by atoms with Gasteiger partial charge in [0.05, 0.1) is 9.95 Å². The van der Waals surface area contributed by atoms with E-state index in [1.54, 1.807) is 12.1 Å². The van der Waals surface area contributed by atoms with E-state index in [-0.39, 0.29) is 6.17 Å². The summed E-state index contributed by atoms with van der Waals surface area (Å²) < 4.78 is 27.4. The van der Waals surface area contributed by atoms with Crippen molar-refractivity contribution in [3.8, 4) is 0 Å². The summed E-state index contributed by atoms with van der Waals surface area (Å²) >= 11 is 4.51. The van der Waals surface area contributed by atoms with E-state index in [0.717, 1.165) is 29.5 Å². The van der Waals surface area contributed by atoms with Crippen molar-refractivity contribution in [3.05, 3.63) is 15.9 Å². The molecule has 0 radical (unpaired) electrons. The van der Waals surface area contributed by atoms with Gasteiger partial charge in [0.1, 0.15) is 4.21 Å². The van der Waals surface area contributed by atoms with E-state index in [4.69, 9.17) is 5.73 Å². The highest BCUT2D eigenvalue weighted by molar-refractivity contribution is 9.11. The van der Waals surface area contributed by atoms with Gasteiger partial charge < -0.3 is 5.73 Å². The smallest absolute Gasteiger partial charge is 0.253 e. The summed E-state index contributed by atoms with van der Waals surface area (Å²) in [6.45, 7) is 0.527. The highest BCUT2D eigenvalue weighted by Gasteiger charge is 2.31. The fourth-order valence-electron chi connectivity index (χ4n) is 1.96. The summed E-state index contributed by atoms with van der Waals surface area (Å²) in [5.74, 6) is 0. The molecule has 1 aromatic rings. The number of hydrogen-bond donors (Lipinski definition) is 1. The third kappa shape index (κ3) is 2.90. The van der Waals surface area contributed by atoms with Crippen molar-refractivity contribution in [2.24, 2.45) is 5.73 Å². The molecule has 96 valence electrons. The molecule has 0 saturated carbocycles. The van der Waals surface area contributed by atoms with Crippen LogP contribution in [0.25, 0.3) is 0 Å². The summed E-state index contributed by atoms with van der Waals surface area (Å²) in [5.41, 5.74) is 5.95. The maximum absolute atomic E-state index is 12.4. The van der Waals surface area contributed by atoms with Crippen molar-refractivity contribution in [1.82, 2.24) is 4.31 Å². The first kappa shape index (κ1) is 13.5. The zero-order valence-electron chi connectivity index (χ0n) is 9.30. The normalized spacial score (nSPS) is 23.5. The van der Waals surface area contributed by atoms with Gasteiger partial charge in [-0.1, -0.05) is 12.8 Å². The standard InChI is InChI=1S/C10H15BrN2O2S2/c11-8-5-6-10(16-8)17(14,15)13-7-3-1-2-4-9(13)12/h5-6,9H,1-4,7,12H2. The molecule has 1 saturated heterocycles. The van der Waals surface area contributed by atoms with Crippen LogP contribution in [0.3, 0.4) is 0 Å². The van der Waals surface area contributed by atoms with Crippen molar-refractivity contribution in [1.29, 1.82) is 0 Å². The van der Waals surface area contributed by atoms with Crippen LogP contribution in [0.4, 0.5) is 0 Å². The van der Waals surface area contributed by atoms with Crippen molar-refractivity contribution < 1.29 is 8.42 Å². The van der Waals surface area contributed by atoms with E-state index in [2.05, 4.69) is 15.9 Å². The molecular formula is C10H15BrN2O2S2. The van der Waals surface area contributed by atoms with Gasteiger partial charge in [0.15, 0.2) is 0 Å². The quantitative estimate of drug-likeness (QED) is 0.900. The minimum atomic E-state index is -3.42. The SMILES string of the molecule is NC1CCCCCN1S(=O)(=O)c1ccc(Br)s1. The number of nitrogens with two attached hydrogens (primary N) is 1. The van der Waals surface area contributed by atoms with E-state index >= 15 is 0 Å². The number of rotatable bonds is 2. The Hall–Kier alpha value is 0.0500. The molecule has 0 bridgehead atoms. The number of halogens is 1. The molecule has 0 amide bonds. The zero-order chi connectivity index (χ0) is 12.5. The van der Waals surface area contributed by atoms with Gasteiger partial charge in [-0.25, -0.2) is 8.42 Å². The van der Waals surface area contributed by atoms with Crippen LogP contribution >= 0.6 is 27.3 Å². The Balaban J connectivity index is 2.30. The third-order valence-corrected chi connectivity index (χ3v) is 6.88. The van der Waals surface area contributed by atoms with Crippen LogP contribution in [-0.4, -0.2) is 25.4 Å². The minimum absolute atomic E-state index is 0.363. The third-order valence-electron chi connectivity index (χ3n) is 2.86. The lowest BCUT2D eigenvalue weighted by Crippen LogP contribution is -2.44. The van der Waals surface area contributed by atoms with Crippen LogP contribution in [0.5, 0.6) is 0 Å². The van der Waals surface area contributed by atoms with Gasteiger partial charge in [-0.3, -0.25) is 0 Å². The molecule has 2 rings (SSSR count). The molecule has 17 heavy (non-hydrogen) atoms. The molecule has 1 aromatic heterocycles. The Kier molecular flexibility index (Phi) is 4.25. The summed E-state index contributed by atoms with van der Waals surface area (Å²) in [4.78, 5) is 0. The van der Waals surface area contributed by atoms with Crippen LogP contribution in [0.15, 0.2) is 20.1 Å². The Morgan fingerprint density at radius 1 is 1.35 bits per heavy atom. The van der Waals surface area contributed by atoms with Crippen LogP contribution in [-0.2, 0) is 10.0 Å². The Morgan fingerprint density at radius 3 is 2.76 bits per heavy atom. The highest BCUT2D eigenvalue weighted by Crippen LogP contribution is 2.30. The second-order valence-corrected chi connectivity index (χ2v) is 8.67. The van der Waals surface area contributed by atoms with Gasteiger partial charge in [-0.05, 0) is 40.9 Å². The van der Waals surface area contributed by atoms with E-state index in [0.29, 0.717) is 10.8 Å². The molecule has 1 aliphatic heterocycles. The number of hydrogen-bond acceptors (Lipinski definition) is 4. The van der Waals surface area contributed by atoms with E-state index in [1.807, 2.05) is 0 Å². The predicted octanol–water partition coefficient (Wildman–Crippen LogP) is 2.36. The number of thiophene rings is 1. The Bertz CT molecular complexity index is 486. The molecule has 1 unspecified atom stereocenters. The lowest BCUT2D eigenvalue weighted by Gasteiger charge is -2.25. The lowest BCUT2D eigenvalue weighted by molar-refractivity contribution is 0.330. The van der Waals surface area contributed by atoms with Crippen molar-refractivity contribution in [2.45, 2.75) is 36.1 Å². The molecule has 7 heteroatoms. The number of nitrogens with zero attached hydrogens (tertiary/aromatic N) is 1. The van der Waals surface area contributed by atoms with Crippen LogP contribution in [0.2, 0.25) is 0 Å². The van der Waals surface area contributed by atoms with Crippen LogP contribution in [0.1, 0.15) is 25.7 Å². The van der Waals surface area contributed by atoms with Gasteiger partial charge in [0.25, 0.3) is 10.0 Å². The molecule has 0 aliphatic carbocycles. The second-order valence-electron chi connectivity index (χ2n) is 4.09. The topological polar surface area (TPSA) is 63.4 Å². The van der Waals surface area contributed by atoms with Crippen LogP contribution < -0.4 is 5.73 Å². The molecular weight excluding hydrogens is 324 g/mol. The van der Waals surface area contributed by atoms with Gasteiger partial charge in [0.2, 0.25) is 0 Å². The lowest BCUT2D eigenvalue weighted by atomic mass is 10.2. The monoisotopic (exact) mass is 338 g/mol. The van der Waals surface area contributed by atoms with E-state index in [1.165, 1.54) is 15.6 Å². The fourth-order valence-corrected chi connectivity index (χ4v) is 5.68. The molecule has 4 nitrogen and oxygen atoms in total. The second kappa shape index (κ2) is 5.36. The first-order valence-electron chi connectivity index (χ1n) is 5.54. The maximum atomic E-state index is 12.4. The molecule has 1 aliphatic rings. The molecule has 1 fully saturated rings.